The van der Waals surface area contributed by atoms with Crippen LogP contribution in [0.15, 0.2) is 4.52 Å². The highest BCUT2D eigenvalue weighted by Gasteiger charge is 2.24. The lowest BCUT2D eigenvalue weighted by Gasteiger charge is -2.30. The van der Waals surface area contributed by atoms with E-state index in [0.29, 0.717) is 25.0 Å². The molecule has 0 aromatic carbocycles. The van der Waals surface area contributed by atoms with Gasteiger partial charge in [0.1, 0.15) is 0 Å². The summed E-state index contributed by atoms with van der Waals surface area (Å²) in [6, 6.07) is 0. The molecule has 0 unspecified atom stereocenters. The fourth-order valence-electron chi connectivity index (χ4n) is 2.24. The van der Waals surface area contributed by atoms with Gasteiger partial charge < -0.3 is 19.3 Å². The van der Waals surface area contributed by atoms with Crippen LogP contribution in [-0.4, -0.2) is 59.6 Å². The van der Waals surface area contributed by atoms with E-state index < -0.39 is 0 Å². The molecule has 1 aliphatic heterocycles. The van der Waals surface area contributed by atoms with Crippen molar-refractivity contribution in [3.8, 4) is 0 Å². The molecule has 18 heavy (non-hydrogen) atoms. The highest BCUT2D eigenvalue weighted by Crippen LogP contribution is 2.26. The predicted octanol–water partition coefficient (Wildman–Crippen LogP) is 0.566. The topological polar surface area (TPSA) is 71.6 Å². The van der Waals surface area contributed by atoms with Gasteiger partial charge in [0.05, 0.1) is 19.8 Å². The Morgan fingerprint density at radius 1 is 1.39 bits per heavy atom. The number of aliphatic hydroxyl groups is 1. The third-order valence-electron chi connectivity index (χ3n) is 3.27. The van der Waals surface area contributed by atoms with Gasteiger partial charge in [0.2, 0.25) is 5.89 Å². The second kappa shape index (κ2) is 6.82. The molecule has 0 spiro atoms. The summed E-state index contributed by atoms with van der Waals surface area (Å²) in [6.45, 7) is 6.06. The van der Waals surface area contributed by atoms with Crippen LogP contribution in [0.3, 0.4) is 0 Å². The number of aryl methyl sites for hydroxylation is 1. The first-order valence-corrected chi connectivity index (χ1v) is 6.50. The van der Waals surface area contributed by atoms with Gasteiger partial charge in [-0.15, -0.1) is 0 Å². The van der Waals surface area contributed by atoms with Crippen molar-refractivity contribution in [3.05, 3.63) is 11.7 Å². The molecule has 0 radical (unpaired) electrons. The summed E-state index contributed by atoms with van der Waals surface area (Å²) in [5.74, 6) is 1.90. The summed E-state index contributed by atoms with van der Waals surface area (Å²) in [7, 11) is 0. The monoisotopic (exact) mass is 255 g/mol. The summed E-state index contributed by atoms with van der Waals surface area (Å²) < 4.78 is 10.5. The van der Waals surface area contributed by atoms with Crippen molar-refractivity contribution in [3.63, 3.8) is 0 Å². The zero-order valence-electron chi connectivity index (χ0n) is 10.8. The second-order valence-electron chi connectivity index (χ2n) is 4.63. The maximum absolute atomic E-state index is 8.60. The number of hydrogen-bond donors (Lipinski definition) is 1. The predicted molar refractivity (Wildman–Crippen MR) is 65.4 cm³/mol. The number of hydrogen-bond acceptors (Lipinski definition) is 6. The minimum absolute atomic E-state index is 0.0958. The molecule has 102 valence electrons. The highest BCUT2D eigenvalue weighted by molar-refractivity contribution is 4.95. The van der Waals surface area contributed by atoms with E-state index in [1.54, 1.807) is 0 Å². The molecule has 1 aromatic heterocycles. The van der Waals surface area contributed by atoms with E-state index in [9.17, 15) is 0 Å². The smallest absolute Gasteiger partial charge is 0.229 e. The number of likely N-dealkylation sites (tertiary alicyclic amines) is 1. The summed E-state index contributed by atoms with van der Waals surface area (Å²) in [5.41, 5.74) is 0. The third kappa shape index (κ3) is 3.76. The van der Waals surface area contributed by atoms with Crippen molar-refractivity contribution in [1.29, 1.82) is 0 Å². The SMILES string of the molecule is Cc1noc(C2CCN(CCOCCO)CC2)n1. The zero-order valence-corrected chi connectivity index (χ0v) is 10.8. The average Bonchev–Trinajstić information content (AvgIpc) is 2.82. The number of nitrogens with zero attached hydrogens (tertiary/aromatic N) is 3. The van der Waals surface area contributed by atoms with Crippen molar-refractivity contribution >= 4 is 0 Å². The fourth-order valence-corrected chi connectivity index (χ4v) is 2.24. The van der Waals surface area contributed by atoms with Gasteiger partial charge in [0.15, 0.2) is 5.82 Å². The Labute approximate surface area is 107 Å². The minimum atomic E-state index is 0.0958. The van der Waals surface area contributed by atoms with Crippen molar-refractivity contribution in [2.24, 2.45) is 0 Å². The van der Waals surface area contributed by atoms with Gasteiger partial charge in [-0.3, -0.25) is 0 Å². The number of rotatable bonds is 6. The van der Waals surface area contributed by atoms with Crippen LogP contribution in [0.1, 0.15) is 30.5 Å². The average molecular weight is 255 g/mol. The van der Waals surface area contributed by atoms with Crippen molar-refractivity contribution in [2.75, 3.05) is 39.5 Å². The second-order valence-corrected chi connectivity index (χ2v) is 4.63. The first-order valence-electron chi connectivity index (χ1n) is 6.50. The van der Waals surface area contributed by atoms with Crippen LogP contribution in [0.4, 0.5) is 0 Å². The fraction of sp³-hybridized carbons (Fsp3) is 0.833. The van der Waals surface area contributed by atoms with Crippen molar-refractivity contribution in [1.82, 2.24) is 15.0 Å². The maximum Gasteiger partial charge on any atom is 0.229 e. The lowest BCUT2D eigenvalue weighted by molar-refractivity contribution is 0.0669. The molecule has 6 nitrogen and oxygen atoms in total. The van der Waals surface area contributed by atoms with Gasteiger partial charge in [-0.2, -0.15) is 4.98 Å². The van der Waals surface area contributed by atoms with Crippen LogP contribution in [0, 0.1) is 6.92 Å². The summed E-state index contributed by atoms with van der Waals surface area (Å²) >= 11 is 0. The molecule has 0 amide bonds. The molecule has 0 saturated carbocycles. The Kier molecular flexibility index (Phi) is 5.10. The number of aliphatic hydroxyl groups excluding tert-OH is 1. The number of aromatic nitrogens is 2. The molecule has 1 fully saturated rings. The van der Waals surface area contributed by atoms with Crippen LogP contribution in [0.5, 0.6) is 0 Å². The zero-order chi connectivity index (χ0) is 12.8. The van der Waals surface area contributed by atoms with Gasteiger partial charge in [-0.1, -0.05) is 5.16 Å². The number of ether oxygens (including phenoxy) is 1. The van der Waals surface area contributed by atoms with Crippen LogP contribution >= 0.6 is 0 Å². The van der Waals surface area contributed by atoms with Gasteiger partial charge in [-0.25, -0.2) is 0 Å². The lowest BCUT2D eigenvalue weighted by atomic mass is 9.97. The van der Waals surface area contributed by atoms with E-state index in [1.807, 2.05) is 6.92 Å². The molecule has 0 aliphatic carbocycles. The van der Waals surface area contributed by atoms with E-state index >= 15 is 0 Å². The number of piperidine rings is 1. The first-order chi connectivity index (χ1) is 8.79. The quantitative estimate of drug-likeness (QED) is 0.749. The van der Waals surface area contributed by atoms with E-state index in [-0.39, 0.29) is 6.61 Å². The first kappa shape index (κ1) is 13.5. The van der Waals surface area contributed by atoms with E-state index in [1.165, 1.54) is 0 Å². The Bertz CT molecular complexity index is 348. The van der Waals surface area contributed by atoms with Crippen LogP contribution < -0.4 is 0 Å². The Morgan fingerprint density at radius 3 is 2.78 bits per heavy atom. The highest BCUT2D eigenvalue weighted by atomic mass is 16.5. The molecule has 1 aliphatic rings. The van der Waals surface area contributed by atoms with Crippen molar-refractivity contribution < 1.29 is 14.4 Å². The van der Waals surface area contributed by atoms with Crippen LogP contribution in [0.2, 0.25) is 0 Å². The summed E-state index contributed by atoms with van der Waals surface area (Å²) in [6.07, 6.45) is 2.11. The summed E-state index contributed by atoms with van der Waals surface area (Å²) in [5, 5.41) is 12.4. The van der Waals surface area contributed by atoms with Crippen molar-refractivity contribution in [2.45, 2.75) is 25.7 Å². The standard InChI is InChI=1S/C12H21N3O3/c1-10-13-12(18-14-10)11-2-4-15(5-3-11)6-8-17-9-7-16/h11,16H,2-9H2,1H3. The molecule has 2 heterocycles. The maximum atomic E-state index is 8.60. The molecule has 1 N–H and O–H groups in total. The lowest BCUT2D eigenvalue weighted by Crippen LogP contribution is -2.35. The van der Waals surface area contributed by atoms with Crippen LogP contribution in [-0.2, 0) is 4.74 Å². The molecule has 1 saturated heterocycles. The van der Waals surface area contributed by atoms with Gasteiger partial charge in [-0.05, 0) is 32.9 Å². The largest absolute Gasteiger partial charge is 0.394 e. The molecule has 0 bridgehead atoms. The van der Waals surface area contributed by atoms with E-state index in [2.05, 4.69) is 15.0 Å². The molecular weight excluding hydrogens is 234 g/mol. The normalized spacial score (nSPS) is 18.3. The summed E-state index contributed by atoms with van der Waals surface area (Å²) in [4.78, 5) is 6.67. The van der Waals surface area contributed by atoms with E-state index in [0.717, 1.165) is 38.4 Å². The Hall–Kier alpha value is -0.980. The molecule has 2 rings (SSSR count). The minimum Gasteiger partial charge on any atom is -0.394 e. The molecule has 6 heteroatoms. The third-order valence-corrected chi connectivity index (χ3v) is 3.27. The van der Waals surface area contributed by atoms with Gasteiger partial charge in [0.25, 0.3) is 0 Å². The van der Waals surface area contributed by atoms with E-state index in [4.69, 9.17) is 14.4 Å². The Morgan fingerprint density at radius 2 is 2.17 bits per heavy atom. The molecule has 1 aromatic rings. The Balaban J connectivity index is 1.68. The van der Waals surface area contributed by atoms with Crippen LogP contribution in [0.25, 0.3) is 0 Å². The van der Waals surface area contributed by atoms with Gasteiger partial charge in [0, 0.05) is 12.5 Å². The molecule has 0 atom stereocenters. The molecular formula is C12H21N3O3. The van der Waals surface area contributed by atoms with Gasteiger partial charge >= 0.3 is 0 Å².